The number of aromatic nitrogens is 1. The largest absolute Gasteiger partial charge is 0.370 e. The molecule has 8 nitrogen and oxygen atoms in total. The van der Waals surface area contributed by atoms with Gasteiger partial charge in [-0.15, -0.1) is 24.0 Å². The highest BCUT2D eigenvalue weighted by Gasteiger charge is 2.17. The van der Waals surface area contributed by atoms with Crippen LogP contribution in [0.25, 0.3) is 0 Å². The van der Waals surface area contributed by atoms with E-state index in [1.54, 1.807) is 0 Å². The molecule has 10 heteroatoms. The van der Waals surface area contributed by atoms with Crippen molar-refractivity contribution in [1.82, 2.24) is 14.8 Å². The molecule has 0 saturated carbocycles. The Bertz CT molecular complexity index is 583. The zero-order chi connectivity index (χ0) is 16.0. The van der Waals surface area contributed by atoms with Gasteiger partial charge in [0.1, 0.15) is 12.0 Å². The number of guanidine groups is 1. The van der Waals surface area contributed by atoms with Crippen LogP contribution >= 0.6 is 24.0 Å². The number of nitrogens with zero attached hydrogens (tertiary/aromatic N) is 3. The fourth-order valence-corrected chi connectivity index (χ4v) is 3.31. The Morgan fingerprint density at radius 3 is 2.83 bits per heavy atom. The monoisotopic (exact) mass is 457 g/mol. The van der Waals surface area contributed by atoms with Crippen molar-refractivity contribution in [3.63, 3.8) is 0 Å². The average Bonchev–Trinajstić information content (AvgIpc) is 2.96. The summed E-state index contributed by atoms with van der Waals surface area (Å²) in [5, 5.41) is 3.58. The van der Waals surface area contributed by atoms with Gasteiger partial charge >= 0.3 is 0 Å². The Kier molecular flexibility index (Phi) is 8.26. The molecule has 0 spiro atoms. The van der Waals surface area contributed by atoms with Crippen LogP contribution in [0.15, 0.2) is 21.8 Å². The van der Waals surface area contributed by atoms with Gasteiger partial charge in [-0.1, -0.05) is 12.1 Å². The molecule has 0 aliphatic carbocycles. The van der Waals surface area contributed by atoms with Gasteiger partial charge in [0.2, 0.25) is 10.0 Å². The fraction of sp³-hybridized carbons (Fsp3) is 0.692. The van der Waals surface area contributed by atoms with E-state index < -0.39 is 10.0 Å². The van der Waals surface area contributed by atoms with Crippen molar-refractivity contribution in [3.05, 3.63) is 18.0 Å². The number of nitrogens with two attached hydrogens (primary N) is 1. The first-order chi connectivity index (χ1) is 10.5. The van der Waals surface area contributed by atoms with Gasteiger partial charge in [-0.3, -0.25) is 4.99 Å². The predicted molar refractivity (Wildman–Crippen MR) is 99.0 cm³/mol. The zero-order valence-corrected chi connectivity index (χ0v) is 16.3. The maximum absolute atomic E-state index is 11.8. The van der Waals surface area contributed by atoms with Gasteiger partial charge in [0.25, 0.3) is 0 Å². The molecule has 1 saturated heterocycles. The molecule has 0 unspecified atom stereocenters. The third kappa shape index (κ3) is 7.04. The topological polar surface area (TPSA) is 114 Å². The van der Waals surface area contributed by atoms with Crippen LogP contribution in [0.5, 0.6) is 0 Å². The molecule has 0 radical (unpaired) electrons. The average molecular weight is 457 g/mol. The van der Waals surface area contributed by atoms with Crippen molar-refractivity contribution < 1.29 is 12.9 Å². The van der Waals surface area contributed by atoms with Gasteiger partial charge in [0.05, 0.1) is 12.2 Å². The maximum Gasteiger partial charge on any atom is 0.217 e. The summed E-state index contributed by atoms with van der Waals surface area (Å²) in [5.41, 5.74) is 6.30. The van der Waals surface area contributed by atoms with E-state index >= 15 is 0 Å². The second kappa shape index (κ2) is 9.42. The van der Waals surface area contributed by atoms with Crippen LogP contribution in [0.4, 0.5) is 0 Å². The minimum atomic E-state index is -3.43. The lowest BCUT2D eigenvalue weighted by Crippen LogP contribution is -2.42. The minimum Gasteiger partial charge on any atom is -0.370 e. The molecule has 132 valence electrons. The Morgan fingerprint density at radius 1 is 1.52 bits per heavy atom. The van der Waals surface area contributed by atoms with Crippen LogP contribution in [0.2, 0.25) is 0 Å². The van der Waals surface area contributed by atoms with Crippen molar-refractivity contribution in [1.29, 1.82) is 0 Å². The molecule has 1 aromatic heterocycles. The van der Waals surface area contributed by atoms with Crippen LogP contribution in [-0.2, 0) is 15.8 Å². The van der Waals surface area contributed by atoms with Crippen molar-refractivity contribution in [2.45, 2.75) is 25.5 Å². The maximum atomic E-state index is 11.8. The molecule has 0 aromatic carbocycles. The summed E-state index contributed by atoms with van der Waals surface area (Å²) in [6.07, 6.45) is 3.57. The molecule has 0 amide bonds. The van der Waals surface area contributed by atoms with E-state index in [-0.39, 0.29) is 36.3 Å². The van der Waals surface area contributed by atoms with Crippen molar-refractivity contribution >= 4 is 40.0 Å². The molecule has 1 aliphatic rings. The van der Waals surface area contributed by atoms with Crippen molar-refractivity contribution in [2.75, 3.05) is 26.2 Å². The molecule has 2 heterocycles. The van der Waals surface area contributed by atoms with E-state index in [4.69, 9.17) is 5.73 Å². The molecular weight excluding hydrogens is 433 g/mol. The third-order valence-electron chi connectivity index (χ3n) is 3.64. The second-order valence-corrected chi connectivity index (χ2v) is 7.36. The summed E-state index contributed by atoms with van der Waals surface area (Å²) < 4.78 is 30.7. The van der Waals surface area contributed by atoms with Crippen LogP contribution < -0.4 is 10.5 Å². The standard InChI is InChI=1S/C13H23N5O3S.HI/c1-11-2-7-18(8-3-11)13(14)15-5-6-16-22(19,20)10-12-4-9-21-17-12;/h4,9,11,16H,2-3,5-8,10H2,1H3,(H2,14,15);1H. The zero-order valence-electron chi connectivity index (χ0n) is 13.1. The Hall–Kier alpha value is -0.880. The number of halogens is 1. The normalized spacial score (nSPS) is 17.1. The smallest absolute Gasteiger partial charge is 0.217 e. The van der Waals surface area contributed by atoms with Crippen molar-refractivity contribution in [2.24, 2.45) is 16.6 Å². The molecular formula is C13H24IN5O3S. The number of hydrogen-bond acceptors (Lipinski definition) is 5. The van der Waals surface area contributed by atoms with Crippen LogP contribution in [0.3, 0.4) is 0 Å². The lowest BCUT2D eigenvalue weighted by Gasteiger charge is -2.31. The second-order valence-electron chi connectivity index (χ2n) is 5.55. The molecule has 1 aromatic rings. The third-order valence-corrected chi connectivity index (χ3v) is 4.96. The molecule has 1 aliphatic heterocycles. The molecule has 0 atom stereocenters. The Labute approximate surface area is 153 Å². The van der Waals surface area contributed by atoms with Gasteiger partial charge in [-0.25, -0.2) is 13.1 Å². The summed E-state index contributed by atoms with van der Waals surface area (Å²) in [5.74, 6) is 1.02. The first-order valence-corrected chi connectivity index (χ1v) is 9.03. The summed E-state index contributed by atoms with van der Waals surface area (Å²) in [4.78, 5) is 6.28. The quantitative estimate of drug-likeness (QED) is 0.282. The van der Waals surface area contributed by atoms with Gasteiger partial charge in [0, 0.05) is 25.7 Å². The fourth-order valence-electron chi connectivity index (χ4n) is 2.27. The SMILES string of the molecule is CC1CCN(C(N)=NCCNS(=O)(=O)Cc2ccon2)CC1.I. The van der Waals surface area contributed by atoms with E-state index in [9.17, 15) is 8.42 Å². The molecule has 2 rings (SSSR count). The van der Waals surface area contributed by atoms with E-state index in [1.165, 1.54) is 12.3 Å². The van der Waals surface area contributed by atoms with Crippen LogP contribution in [0.1, 0.15) is 25.5 Å². The number of hydrogen-bond donors (Lipinski definition) is 2. The number of likely N-dealkylation sites (tertiary alicyclic amines) is 1. The predicted octanol–water partition coefficient (Wildman–Crippen LogP) is 0.759. The summed E-state index contributed by atoms with van der Waals surface area (Å²) in [6.45, 7) is 4.58. The molecule has 1 fully saturated rings. The molecule has 0 bridgehead atoms. The lowest BCUT2D eigenvalue weighted by atomic mass is 10.00. The van der Waals surface area contributed by atoms with E-state index in [0.29, 0.717) is 18.2 Å². The van der Waals surface area contributed by atoms with Gasteiger partial charge in [-0.2, -0.15) is 0 Å². The van der Waals surface area contributed by atoms with Gasteiger partial charge < -0.3 is 15.2 Å². The first-order valence-electron chi connectivity index (χ1n) is 7.38. The first kappa shape index (κ1) is 20.2. The van der Waals surface area contributed by atoms with Gasteiger partial charge in [-0.05, 0) is 18.8 Å². The summed E-state index contributed by atoms with van der Waals surface area (Å²) in [6, 6.07) is 1.52. The number of aliphatic imine (C=N–C) groups is 1. The van der Waals surface area contributed by atoms with Gasteiger partial charge in [0.15, 0.2) is 5.96 Å². The highest BCUT2D eigenvalue weighted by Crippen LogP contribution is 2.15. The highest BCUT2D eigenvalue weighted by atomic mass is 127. The lowest BCUT2D eigenvalue weighted by molar-refractivity contribution is 0.277. The Morgan fingerprint density at radius 2 is 2.22 bits per heavy atom. The highest BCUT2D eigenvalue weighted by molar-refractivity contribution is 14.0. The number of nitrogens with one attached hydrogen (secondary N) is 1. The van der Waals surface area contributed by atoms with E-state index in [0.717, 1.165) is 31.8 Å². The van der Waals surface area contributed by atoms with E-state index in [1.807, 2.05) is 4.90 Å². The van der Waals surface area contributed by atoms with Crippen molar-refractivity contribution in [3.8, 4) is 0 Å². The molecule has 3 N–H and O–H groups in total. The Balaban J connectivity index is 0.00000264. The summed E-state index contributed by atoms with van der Waals surface area (Å²) >= 11 is 0. The molecule has 23 heavy (non-hydrogen) atoms. The van der Waals surface area contributed by atoms with Crippen LogP contribution in [-0.4, -0.2) is 50.6 Å². The summed E-state index contributed by atoms with van der Waals surface area (Å²) in [7, 11) is -3.43. The minimum absolute atomic E-state index is 0. The van der Waals surface area contributed by atoms with Crippen LogP contribution in [0, 0.1) is 5.92 Å². The number of sulfonamides is 1. The number of rotatable bonds is 6. The van der Waals surface area contributed by atoms with E-state index in [2.05, 4.69) is 26.3 Å². The number of piperidine rings is 1.